The van der Waals surface area contributed by atoms with Gasteiger partial charge in [0.15, 0.2) is 11.6 Å². The third-order valence-corrected chi connectivity index (χ3v) is 6.69. The number of methoxy groups -OCH3 is 1. The summed E-state index contributed by atoms with van der Waals surface area (Å²) in [6.45, 7) is 4.64. The van der Waals surface area contributed by atoms with Crippen molar-refractivity contribution >= 4 is 52.2 Å². The second-order valence-corrected chi connectivity index (χ2v) is 9.25. The van der Waals surface area contributed by atoms with Crippen molar-refractivity contribution in [2.75, 3.05) is 67.3 Å². The molecule has 36 heavy (non-hydrogen) atoms. The standard InChI is InChI=1S/C25H29ClN8O2/c1-32-11-13-33(14-12-32)17-7-8-19(21(15-17)36-2)30-25-28-16-18(26)23(31-25)29-20-5-3-9-27-24(20)34-10-4-6-22(34)35/h3,5,7-9,15-16H,4,6,10-14H2,1-2H3,(H2,28,29,30,31). The molecule has 2 aliphatic rings. The molecule has 1 amide bonds. The van der Waals surface area contributed by atoms with E-state index in [1.807, 2.05) is 18.2 Å². The summed E-state index contributed by atoms with van der Waals surface area (Å²) in [4.78, 5) is 32.0. The summed E-state index contributed by atoms with van der Waals surface area (Å²) in [6.07, 6.45) is 4.53. The second kappa shape index (κ2) is 10.5. The molecule has 0 saturated carbocycles. The quantitative estimate of drug-likeness (QED) is 0.492. The molecular formula is C25H29ClN8O2. The molecule has 5 rings (SSSR count). The first-order valence-electron chi connectivity index (χ1n) is 12.0. The first kappa shape index (κ1) is 24.1. The molecule has 10 nitrogen and oxygen atoms in total. The van der Waals surface area contributed by atoms with Crippen LogP contribution in [0.25, 0.3) is 0 Å². The molecule has 4 heterocycles. The van der Waals surface area contributed by atoms with E-state index in [9.17, 15) is 4.79 Å². The van der Waals surface area contributed by atoms with Gasteiger partial charge in [0.1, 0.15) is 10.8 Å². The number of carbonyl (C=O) groups excluding carboxylic acids is 1. The number of ether oxygens (including phenoxy) is 1. The maximum absolute atomic E-state index is 12.3. The first-order chi connectivity index (χ1) is 17.5. The van der Waals surface area contributed by atoms with Gasteiger partial charge < -0.3 is 25.2 Å². The first-order valence-corrected chi connectivity index (χ1v) is 12.3. The third kappa shape index (κ3) is 5.14. The average molecular weight is 509 g/mol. The minimum absolute atomic E-state index is 0.0556. The van der Waals surface area contributed by atoms with Crippen LogP contribution >= 0.6 is 11.6 Å². The van der Waals surface area contributed by atoms with Gasteiger partial charge in [-0.3, -0.25) is 9.69 Å². The lowest BCUT2D eigenvalue weighted by atomic mass is 10.2. The van der Waals surface area contributed by atoms with Gasteiger partial charge in [-0.2, -0.15) is 4.98 Å². The minimum Gasteiger partial charge on any atom is -0.494 e. The molecule has 0 aliphatic carbocycles. The summed E-state index contributed by atoms with van der Waals surface area (Å²) in [5.74, 6) is 2.07. The highest BCUT2D eigenvalue weighted by Crippen LogP contribution is 2.34. The number of hydrogen-bond acceptors (Lipinski definition) is 9. The highest BCUT2D eigenvalue weighted by atomic mass is 35.5. The smallest absolute Gasteiger partial charge is 0.229 e. The number of aromatic nitrogens is 3. The van der Waals surface area contributed by atoms with Crippen molar-refractivity contribution in [3.63, 3.8) is 0 Å². The van der Waals surface area contributed by atoms with E-state index in [1.54, 1.807) is 24.3 Å². The van der Waals surface area contributed by atoms with Crippen molar-refractivity contribution in [3.8, 4) is 5.75 Å². The van der Waals surface area contributed by atoms with Crippen LogP contribution in [0.4, 0.5) is 34.6 Å². The van der Waals surface area contributed by atoms with Crippen LogP contribution in [-0.2, 0) is 4.79 Å². The molecular weight excluding hydrogens is 480 g/mol. The SMILES string of the molecule is COc1cc(N2CCN(C)CC2)ccc1Nc1ncc(Cl)c(Nc2cccnc2N2CCCC2=O)n1. The van der Waals surface area contributed by atoms with Gasteiger partial charge >= 0.3 is 0 Å². The van der Waals surface area contributed by atoms with Crippen molar-refractivity contribution in [2.45, 2.75) is 12.8 Å². The molecule has 0 spiro atoms. The molecule has 2 aliphatic heterocycles. The Balaban J connectivity index is 1.36. The molecule has 0 radical (unpaired) electrons. The van der Waals surface area contributed by atoms with Crippen molar-refractivity contribution in [2.24, 2.45) is 0 Å². The fraction of sp³-hybridized carbons (Fsp3) is 0.360. The molecule has 2 N–H and O–H groups in total. The van der Waals surface area contributed by atoms with Crippen molar-refractivity contribution in [3.05, 3.63) is 47.7 Å². The summed E-state index contributed by atoms with van der Waals surface area (Å²) in [5.41, 5.74) is 2.51. The largest absolute Gasteiger partial charge is 0.494 e. The molecule has 2 aromatic heterocycles. The van der Waals surface area contributed by atoms with Gasteiger partial charge in [0.2, 0.25) is 11.9 Å². The number of carbonyl (C=O) groups is 1. The normalized spacial score (nSPS) is 16.4. The van der Waals surface area contributed by atoms with Gasteiger partial charge in [0.25, 0.3) is 0 Å². The van der Waals surface area contributed by atoms with Crippen LogP contribution in [0.5, 0.6) is 5.75 Å². The number of nitrogens with one attached hydrogen (secondary N) is 2. The number of benzene rings is 1. The van der Waals surface area contributed by atoms with Crippen LogP contribution < -0.4 is 25.2 Å². The number of piperazine rings is 1. The maximum atomic E-state index is 12.3. The monoisotopic (exact) mass is 508 g/mol. The molecule has 2 fully saturated rings. The molecule has 1 aromatic carbocycles. The Morgan fingerprint density at radius 1 is 1.03 bits per heavy atom. The van der Waals surface area contributed by atoms with Crippen LogP contribution in [0.2, 0.25) is 5.02 Å². The highest BCUT2D eigenvalue weighted by molar-refractivity contribution is 6.33. The number of hydrogen-bond donors (Lipinski definition) is 2. The minimum atomic E-state index is 0.0556. The molecule has 0 atom stereocenters. The zero-order valence-corrected chi connectivity index (χ0v) is 21.1. The lowest BCUT2D eigenvalue weighted by Gasteiger charge is -2.34. The van der Waals surface area contributed by atoms with Gasteiger partial charge in [-0.15, -0.1) is 0 Å². The zero-order valence-electron chi connectivity index (χ0n) is 20.4. The number of likely N-dealkylation sites (N-methyl/N-ethyl adjacent to an activating group) is 1. The van der Waals surface area contributed by atoms with Gasteiger partial charge in [-0.25, -0.2) is 9.97 Å². The van der Waals surface area contributed by atoms with Gasteiger partial charge in [-0.1, -0.05) is 11.6 Å². The Hall–Kier alpha value is -3.63. The predicted octanol–water partition coefficient (Wildman–Crippen LogP) is 3.90. The van der Waals surface area contributed by atoms with Crippen molar-refractivity contribution in [1.29, 1.82) is 0 Å². The van der Waals surface area contributed by atoms with Gasteiger partial charge in [-0.05, 0) is 37.7 Å². The van der Waals surface area contributed by atoms with Crippen LogP contribution in [0, 0.1) is 0 Å². The molecule has 3 aromatic rings. The van der Waals surface area contributed by atoms with Crippen molar-refractivity contribution in [1.82, 2.24) is 19.9 Å². The van der Waals surface area contributed by atoms with Crippen LogP contribution in [0.1, 0.15) is 12.8 Å². The van der Waals surface area contributed by atoms with Crippen LogP contribution in [0.3, 0.4) is 0 Å². The lowest BCUT2D eigenvalue weighted by Crippen LogP contribution is -2.44. The van der Waals surface area contributed by atoms with E-state index in [2.05, 4.69) is 48.5 Å². The number of nitrogens with zero attached hydrogens (tertiary/aromatic N) is 6. The molecule has 11 heteroatoms. The summed E-state index contributed by atoms with van der Waals surface area (Å²) in [6, 6.07) is 9.71. The lowest BCUT2D eigenvalue weighted by molar-refractivity contribution is -0.117. The zero-order chi connectivity index (χ0) is 25.1. The number of halogens is 1. The Bertz CT molecular complexity index is 1250. The Kier molecular flexibility index (Phi) is 7.06. The summed E-state index contributed by atoms with van der Waals surface area (Å²) >= 11 is 6.42. The van der Waals surface area contributed by atoms with Gasteiger partial charge in [0.05, 0.1) is 24.7 Å². The Morgan fingerprint density at radius 3 is 2.61 bits per heavy atom. The average Bonchev–Trinajstić information content (AvgIpc) is 3.32. The van der Waals surface area contributed by atoms with Crippen LogP contribution in [-0.4, -0.2) is 72.6 Å². The molecule has 188 valence electrons. The Labute approximate surface area is 215 Å². The number of rotatable bonds is 7. The third-order valence-electron chi connectivity index (χ3n) is 6.41. The molecule has 0 unspecified atom stereocenters. The van der Waals surface area contributed by atoms with Crippen LogP contribution in [0.15, 0.2) is 42.7 Å². The predicted molar refractivity (Wildman–Crippen MR) is 142 cm³/mol. The van der Waals surface area contributed by atoms with E-state index in [4.69, 9.17) is 16.3 Å². The fourth-order valence-electron chi connectivity index (χ4n) is 4.39. The maximum Gasteiger partial charge on any atom is 0.229 e. The fourth-order valence-corrected chi connectivity index (χ4v) is 4.53. The number of anilines is 6. The Morgan fingerprint density at radius 2 is 1.86 bits per heavy atom. The molecule has 0 bridgehead atoms. The topological polar surface area (TPSA) is 98.8 Å². The summed E-state index contributed by atoms with van der Waals surface area (Å²) in [5, 5.41) is 6.81. The van der Waals surface area contributed by atoms with Gasteiger partial charge in [0, 0.05) is 57.1 Å². The van der Waals surface area contributed by atoms with Crippen molar-refractivity contribution < 1.29 is 9.53 Å². The summed E-state index contributed by atoms with van der Waals surface area (Å²) < 4.78 is 5.66. The van der Waals surface area contributed by atoms with E-state index in [1.165, 1.54) is 6.20 Å². The number of pyridine rings is 1. The highest BCUT2D eigenvalue weighted by Gasteiger charge is 2.25. The van der Waals surface area contributed by atoms with E-state index in [-0.39, 0.29) is 5.91 Å². The second-order valence-electron chi connectivity index (χ2n) is 8.84. The van der Waals surface area contributed by atoms with E-state index < -0.39 is 0 Å². The molecule has 2 saturated heterocycles. The summed E-state index contributed by atoms with van der Waals surface area (Å²) in [7, 11) is 3.79. The van der Waals surface area contributed by atoms with E-state index >= 15 is 0 Å². The van der Waals surface area contributed by atoms with E-state index in [0.717, 1.165) is 44.0 Å². The van der Waals surface area contributed by atoms with E-state index in [0.29, 0.717) is 47.0 Å². The number of amides is 1.